The number of rotatable bonds is 3. The number of aromatic nitrogens is 2. The maximum atomic E-state index is 11.3. The molecule has 21 heavy (non-hydrogen) atoms. The van der Waals surface area contributed by atoms with Crippen LogP contribution >= 0.6 is 50.5 Å². The molecule has 1 aromatic carbocycles. The summed E-state index contributed by atoms with van der Waals surface area (Å²) in [5.41, 5.74) is 2.66. The van der Waals surface area contributed by atoms with E-state index in [4.69, 9.17) is 23.2 Å². The maximum absolute atomic E-state index is 11.3. The zero-order valence-corrected chi connectivity index (χ0v) is 14.3. The molecule has 0 spiro atoms. The predicted molar refractivity (Wildman–Crippen MR) is 90.0 cm³/mol. The first-order valence-corrected chi connectivity index (χ1v) is 8.31. The molecule has 0 amide bonds. The third-order valence-corrected chi connectivity index (χ3v) is 5.14. The monoisotopic (exact) mass is 400 g/mol. The van der Waals surface area contributed by atoms with Crippen LogP contribution in [0.3, 0.4) is 0 Å². The quantitative estimate of drug-likeness (QED) is 0.544. The molecule has 7 heteroatoms. The number of nitrogens with zero attached hydrogens (tertiary/aromatic N) is 2. The Morgan fingerprint density at radius 3 is 2.71 bits per heavy atom. The van der Waals surface area contributed by atoms with Gasteiger partial charge in [0, 0.05) is 32.0 Å². The van der Waals surface area contributed by atoms with E-state index in [1.165, 1.54) is 11.3 Å². The fourth-order valence-electron chi connectivity index (χ4n) is 1.92. The largest absolute Gasteiger partial charge is 0.298 e. The Morgan fingerprint density at radius 1 is 1.29 bits per heavy atom. The average molecular weight is 402 g/mol. The Kier molecular flexibility index (Phi) is 4.17. The van der Waals surface area contributed by atoms with Gasteiger partial charge in [-0.2, -0.15) is 16.4 Å². The summed E-state index contributed by atoms with van der Waals surface area (Å²) in [5, 5.41) is 9.38. The third-order valence-electron chi connectivity index (χ3n) is 2.90. The number of halogens is 3. The molecule has 0 fully saturated rings. The minimum Gasteiger partial charge on any atom is -0.298 e. The normalized spacial score (nSPS) is 10.8. The van der Waals surface area contributed by atoms with E-state index < -0.39 is 0 Å². The van der Waals surface area contributed by atoms with Crippen LogP contribution in [-0.4, -0.2) is 16.1 Å². The van der Waals surface area contributed by atoms with Gasteiger partial charge in [0.25, 0.3) is 0 Å². The molecule has 0 aliphatic heterocycles. The highest BCUT2D eigenvalue weighted by Crippen LogP contribution is 2.33. The number of benzene rings is 1. The van der Waals surface area contributed by atoms with E-state index in [1.807, 2.05) is 10.8 Å². The second-order valence-electron chi connectivity index (χ2n) is 4.22. The van der Waals surface area contributed by atoms with Gasteiger partial charge in [-0.3, -0.25) is 4.79 Å². The summed E-state index contributed by atoms with van der Waals surface area (Å²) in [6, 6.07) is 5.13. The summed E-state index contributed by atoms with van der Waals surface area (Å²) in [6.45, 7) is 0. The highest BCUT2D eigenvalue weighted by Gasteiger charge is 2.16. The van der Waals surface area contributed by atoms with Crippen LogP contribution in [0.15, 0.2) is 39.6 Å². The molecule has 0 aliphatic carbocycles. The molecule has 2 heterocycles. The van der Waals surface area contributed by atoms with Gasteiger partial charge >= 0.3 is 0 Å². The van der Waals surface area contributed by atoms with Crippen LogP contribution in [0.1, 0.15) is 10.4 Å². The fourth-order valence-corrected chi connectivity index (χ4v) is 3.89. The van der Waals surface area contributed by atoms with Crippen LogP contribution in [0.4, 0.5) is 0 Å². The van der Waals surface area contributed by atoms with Crippen LogP contribution in [0.2, 0.25) is 10.0 Å². The number of thiophene rings is 1. The topological polar surface area (TPSA) is 34.9 Å². The Balaban J connectivity index is 2.16. The summed E-state index contributed by atoms with van der Waals surface area (Å²) >= 11 is 17.1. The van der Waals surface area contributed by atoms with Gasteiger partial charge in [-0.25, -0.2) is 4.68 Å². The van der Waals surface area contributed by atoms with Crippen molar-refractivity contribution in [2.24, 2.45) is 0 Å². The Morgan fingerprint density at radius 2 is 2.10 bits per heavy atom. The molecule has 0 N–H and O–H groups in total. The Bertz CT molecular complexity index is 828. The van der Waals surface area contributed by atoms with Gasteiger partial charge in [-0.15, -0.1) is 0 Å². The van der Waals surface area contributed by atoms with Crippen molar-refractivity contribution in [1.82, 2.24) is 9.78 Å². The fraction of sp³-hybridized carbons (Fsp3) is 0. The Labute approximate surface area is 143 Å². The lowest BCUT2D eigenvalue weighted by molar-refractivity contribution is 0.112. The van der Waals surface area contributed by atoms with Gasteiger partial charge in [0.15, 0.2) is 6.29 Å². The van der Waals surface area contributed by atoms with Gasteiger partial charge in [0.2, 0.25) is 0 Å². The highest BCUT2D eigenvalue weighted by atomic mass is 79.9. The zero-order chi connectivity index (χ0) is 15.0. The van der Waals surface area contributed by atoms with E-state index in [1.54, 1.807) is 29.1 Å². The van der Waals surface area contributed by atoms with Gasteiger partial charge < -0.3 is 0 Å². The lowest BCUT2D eigenvalue weighted by Gasteiger charge is -2.04. The van der Waals surface area contributed by atoms with Crippen molar-refractivity contribution < 1.29 is 4.79 Å². The van der Waals surface area contributed by atoms with E-state index >= 15 is 0 Å². The molecule has 0 saturated carbocycles. The third kappa shape index (κ3) is 2.79. The number of hydrogen-bond donors (Lipinski definition) is 0. The first-order valence-electron chi connectivity index (χ1n) is 5.82. The van der Waals surface area contributed by atoms with Crippen molar-refractivity contribution in [3.8, 4) is 16.9 Å². The van der Waals surface area contributed by atoms with E-state index in [0.717, 1.165) is 16.3 Å². The standard InChI is InChI=1S/C14H7BrCl2N2OS/c15-11-7-21-6-10(11)14-8(5-20)4-19(18-14)13-2-1-9(16)3-12(13)17/h1-7H. The average Bonchev–Trinajstić information content (AvgIpc) is 3.04. The van der Waals surface area contributed by atoms with Crippen LogP contribution in [0.25, 0.3) is 16.9 Å². The number of carbonyl (C=O) groups is 1. The second-order valence-corrected chi connectivity index (χ2v) is 6.67. The molecule has 0 atom stereocenters. The van der Waals surface area contributed by atoms with Gasteiger partial charge in [-0.05, 0) is 34.1 Å². The van der Waals surface area contributed by atoms with Crippen LogP contribution in [0.5, 0.6) is 0 Å². The van der Waals surface area contributed by atoms with Crippen molar-refractivity contribution in [3.63, 3.8) is 0 Å². The van der Waals surface area contributed by atoms with Crippen molar-refractivity contribution in [2.45, 2.75) is 0 Å². The molecule has 3 aromatic rings. The van der Waals surface area contributed by atoms with Gasteiger partial charge in [-0.1, -0.05) is 23.2 Å². The van der Waals surface area contributed by atoms with Crippen molar-refractivity contribution in [3.05, 3.63) is 55.2 Å². The first kappa shape index (κ1) is 14.8. The first-order chi connectivity index (χ1) is 10.1. The molecule has 0 saturated heterocycles. The number of hydrogen-bond acceptors (Lipinski definition) is 3. The number of carbonyl (C=O) groups excluding carboxylic acids is 1. The summed E-state index contributed by atoms with van der Waals surface area (Å²) in [4.78, 5) is 11.3. The molecule has 106 valence electrons. The number of aldehydes is 1. The van der Waals surface area contributed by atoms with Crippen LogP contribution < -0.4 is 0 Å². The molecule has 0 unspecified atom stereocenters. The van der Waals surface area contributed by atoms with E-state index in [9.17, 15) is 4.79 Å². The Hall–Kier alpha value is -1.14. The van der Waals surface area contributed by atoms with Crippen molar-refractivity contribution in [1.29, 1.82) is 0 Å². The molecule has 0 aliphatic rings. The van der Waals surface area contributed by atoms with Crippen LogP contribution in [0, 0.1) is 0 Å². The van der Waals surface area contributed by atoms with E-state index in [-0.39, 0.29) is 0 Å². The summed E-state index contributed by atoms with van der Waals surface area (Å²) < 4.78 is 2.49. The second kappa shape index (κ2) is 5.93. The SMILES string of the molecule is O=Cc1cn(-c2ccc(Cl)cc2Cl)nc1-c1cscc1Br. The molecule has 0 bridgehead atoms. The summed E-state index contributed by atoms with van der Waals surface area (Å²) in [7, 11) is 0. The predicted octanol–water partition coefficient (Wildman–Crippen LogP) is 5.48. The lowest BCUT2D eigenvalue weighted by Crippen LogP contribution is -1.95. The molecular formula is C14H7BrCl2N2OS. The van der Waals surface area contributed by atoms with Gasteiger partial charge in [0.05, 0.1) is 16.3 Å². The highest BCUT2D eigenvalue weighted by molar-refractivity contribution is 9.10. The molecule has 3 nitrogen and oxygen atoms in total. The minimum atomic E-state index is 0.471. The van der Waals surface area contributed by atoms with Crippen LogP contribution in [-0.2, 0) is 0 Å². The molecule has 0 radical (unpaired) electrons. The van der Waals surface area contributed by atoms with Gasteiger partial charge in [0.1, 0.15) is 5.69 Å². The lowest BCUT2D eigenvalue weighted by atomic mass is 10.2. The smallest absolute Gasteiger partial charge is 0.153 e. The van der Waals surface area contributed by atoms with E-state index in [0.29, 0.717) is 27.0 Å². The maximum Gasteiger partial charge on any atom is 0.153 e. The molecular weight excluding hydrogens is 395 g/mol. The van der Waals surface area contributed by atoms with E-state index in [2.05, 4.69) is 21.0 Å². The summed E-state index contributed by atoms with van der Waals surface area (Å²) in [6.07, 6.45) is 2.44. The minimum absolute atomic E-state index is 0.471. The summed E-state index contributed by atoms with van der Waals surface area (Å²) in [5.74, 6) is 0. The molecule has 3 rings (SSSR count). The van der Waals surface area contributed by atoms with Crippen molar-refractivity contribution in [2.75, 3.05) is 0 Å². The zero-order valence-electron chi connectivity index (χ0n) is 10.4. The van der Waals surface area contributed by atoms with Crippen molar-refractivity contribution >= 4 is 56.8 Å². The molecule has 2 aromatic heterocycles.